The smallest absolute Gasteiger partial charge is 0.433 e. The van der Waals surface area contributed by atoms with Crippen molar-refractivity contribution in [1.82, 2.24) is 0 Å². The van der Waals surface area contributed by atoms with Gasteiger partial charge in [-0.1, -0.05) is 20.8 Å². The molecule has 0 aromatic rings. The molecule has 0 bridgehead atoms. The maximum Gasteiger partial charge on any atom is 0.540 e. The third-order valence-electron chi connectivity index (χ3n) is 3.66. The zero-order valence-corrected chi connectivity index (χ0v) is 12.1. The maximum atomic E-state index is 11.1. The van der Waals surface area contributed by atoms with E-state index in [1.54, 1.807) is 6.92 Å². The highest BCUT2D eigenvalue weighted by Crippen LogP contribution is 2.43. The third kappa shape index (κ3) is 4.63. The monoisotopic (exact) mass is 276 g/mol. The second-order valence-corrected chi connectivity index (χ2v) is 5.99. The molecular weight excluding hydrogens is 252 g/mol. The molecule has 0 aromatic carbocycles. The van der Waals surface area contributed by atoms with Crippen molar-refractivity contribution in [2.75, 3.05) is 6.61 Å². The van der Waals surface area contributed by atoms with Gasteiger partial charge in [0.1, 0.15) is 0 Å². The number of hydrogen-bond donors (Lipinski definition) is 1. The third-order valence-corrected chi connectivity index (χ3v) is 3.66. The fourth-order valence-electron chi connectivity index (χ4n) is 2.37. The summed E-state index contributed by atoms with van der Waals surface area (Å²) >= 11 is 0. The van der Waals surface area contributed by atoms with Crippen LogP contribution < -0.4 is 0 Å². The Morgan fingerprint density at radius 2 is 1.89 bits per heavy atom. The Hall–Kier alpha value is -0.850. The molecule has 0 aromatic heterocycles. The summed E-state index contributed by atoms with van der Waals surface area (Å²) in [6.07, 6.45) is 1.65. The Bertz CT molecular complexity index is 288. The number of hydrogen-bond acceptors (Lipinski definition) is 6. The molecule has 1 aliphatic rings. The van der Waals surface area contributed by atoms with Crippen LogP contribution >= 0.6 is 0 Å². The Labute approximate surface area is 113 Å². The lowest BCUT2D eigenvalue weighted by Gasteiger charge is -2.40. The summed E-state index contributed by atoms with van der Waals surface area (Å²) in [5, 5.41) is 9.02. The lowest BCUT2D eigenvalue weighted by molar-refractivity contribution is -0.491. The normalized spacial score (nSPS) is 27.9. The van der Waals surface area contributed by atoms with Crippen LogP contribution in [0.25, 0.3) is 0 Å². The average molecular weight is 276 g/mol. The molecule has 1 fully saturated rings. The summed E-state index contributed by atoms with van der Waals surface area (Å²) in [5.41, 5.74) is 0.198. The van der Waals surface area contributed by atoms with Crippen LogP contribution in [0.15, 0.2) is 0 Å². The summed E-state index contributed by atoms with van der Waals surface area (Å²) in [4.78, 5) is 24.9. The van der Waals surface area contributed by atoms with Crippen LogP contribution in [0.5, 0.6) is 0 Å². The number of rotatable bonds is 4. The van der Waals surface area contributed by atoms with Crippen molar-refractivity contribution >= 4 is 6.16 Å². The summed E-state index contributed by atoms with van der Waals surface area (Å²) in [6, 6.07) is 0. The van der Waals surface area contributed by atoms with Gasteiger partial charge in [-0.05, 0) is 31.1 Å². The van der Waals surface area contributed by atoms with E-state index in [0.717, 1.165) is 12.8 Å². The Kier molecular flexibility index (Phi) is 5.58. The van der Waals surface area contributed by atoms with Crippen LogP contribution in [0.2, 0.25) is 0 Å². The molecule has 0 heterocycles. The summed E-state index contributed by atoms with van der Waals surface area (Å²) < 4.78 is 4.57. The molecule has 0 amide bonds. The summed E-state index contributed by atoms with van der Waals surface area (Å²) in [6.45, 7) is 8.40. The zero-order chi connectivity index (χ0) is 14.5. The molecule has 19 heavy (non-hydrogen) atoms. The van der Waals surface area contributed by atoms with E-state index < -0.39 is 11.9 Å². The van der Waals surface area contributed by atoms with Gasteiger partial charge in [-0.15, -0.1) is 4.89 Å². The Balaban J connectivity index is 2.49. The van der Waals surface area contributed by atoms with Crippen molar-refractivity contribution in [3.05, 3.63) is 0 Å². The van der Waals surface area contributed by atoms with Crippen molar-refractivity contribution in [2.24, 2.45) is 11.3 Å². The van der Waals surface area contributed by atoms with Gasteiger partial charge in [0.25, 0.3) is 0 Å². The minimum Gasteiger partial charge on any atom is -0.433 e. The largest absolute Gasteiger partial charge is 0.540 e. The standard InChI is InChI=1S/C13H24O6/c1-5-16-11(14)17-19-13(18-15)8-6-10(7-9-13)12(2,3)4/h10,15H,5-9H2,1-4H3. The van der Waals surface area contributed by atoms with E-state index in [0.29, 0.717) is 18.8 Å². The fraction of sp³-hybridized carbons (Fsp3) is 0.923. The van der Waals surface area contributed by atoms with Gasteiger partial charge in [0.2, 0.25) is 5.79 Å². The van der Waals surface area contributed by atoms with Crippen LogP contribution in [-0.2, 0) is 19.4 Å². The number of carbonyl (C=O) groups excluding carboxylic acids is 1. The molecule has 1 N–H and O–H groups in total. The van der Waals surface area contributed by atoms with Crippen molar-refractivity contribution in [3.63, 3.8) is 0 Å². The average Bonchev–Trinajstić information content (AvgIpc) is 2.36. The van der Waals surface area contributed by atoms with E-state index in [1.165, 1.54) is 0 Å². The molecule has 1 saturated carbocycles. The van der Waals surface area contributed by atoms with Gasteiger partial charge >= 0.3 is 6.16 Å². The first-order valence-corrected chi connectivity index (χ1v) is 6.68. The van der Waals surface area contributed by atoms with Gasteiger partial charge in [-0.25, -0.2) is 10.1 Å². The van der Waals surface area contributed by atoms with E-state index in [4.69, 9.17) is 10.1 Å². The molecule has 0 aliphatic heterocycles. The van der Waals surface area contributed by atoms with E-state index in [1.807, 2.05) is 0 Å². The first-order chi connectivity index (χ1) is 8.83. The van der Waals surface area contributed by atoms with Crippen molar-refractivity contribution in [2.45, 2.75) is 59.2 Å². The predicted octanol–water partition coefficient (Wildman–Crippen LogP) is 3.51. The van der Waals surface area contributed by atoms with Gasteiger partial charge in [0.15, 0.2) is 0 Å². The van der Waals surface area contributed by atoms with Crippen LogP contribution in [0, 0.1) is 11.3 Å². The molecular formula is C13H24O6. The van der Waals surface area contributed by atoms with Gasteiger partial charge in [0, 0.05) is 12.8 Å². The zero-order valence-electron chi connectivity index (χ0n) is 12.1. The fourth-order valence-corrected chi connectivity index (χ4v) is 2.37. The number of carbonyl (C=O) groups is 1. The molecule has 0 saturated heterocycles. The van der Waals surface area contributed by atoms with Gasteiger partial charge < -0.3 is 4.74 Å². The molecule has 6 heteroatoms. The van der Waals surface area contributed by atoms with E-state index >= 15 is 0 Å². The topological polar surface area (TPSA) is 74.2 Å². The summed E-state index contributed by atoms with van der Waals surface area (Å²) in [5.74, 6) is -0.754. The highest BCUT2D eigenvalue weighted by molar-refractivity contribution is 5.58. The first-order valence-electron chi connectivity index (χ1n) is 6.68. The van der Waals surface area contributed by atoms with Crippen molar-refractivity contribution in [3.8, 4) is 0 Å². The lowest BCUT2D eigenvalue weighted by Crippen LogP contribution is -2.42. The summed E-state index contributed by atoms with van der Waals surface area (Å²) in [7, 11) is 0. The van der Waals surface area contributed by atoms with E-state index in [-0.39, 0.29) is 12.0 Å². The van der Waals surface area contributed by atoms with Gasteiger partial charge in [-0.2, -0.15) is 4.89 Å². The lowest BCUT2D eigenvalue weighted by atomic mass is 9.71. The number of ether oxygens (including phenoxy) is 1. The van der Waals surface area contributed by atoms with Crippen LogP contribution in [-0.4, -0.2) is 23.8 Å². The first kappa shape index (κ1) is 16.2. The minimum atomic E-state index is -1.27. The molecule has 6 nitrogen and oxygen atoms in total. The Morgan fingerprint density at radius 3 is 2.32 bits per heavy atom. The second kappa shape index (κ2) is 6.54. The molecule has 0 atom stereocenters. The maximum absolute atomic E-state index is 11.1. The van der Waals surface area contributed by atoms with Crippen molar-refractivity contribution in [1.29, 1.82) is 0 Å². The molecule has 1 aliphatic carbocycles. The predicted molar refractivity (Wildman–Crippen MR) is 67.0 cm³/mol. The minimum absolute atomic E-state index is 0.196. The van der Waals surface area contributed by atoms with E-state index in [9.17, 15) is 4.79 Å². The molecule has 0 spiro atoms. The van der Waals surface area contributed by atoms with Gasteiger partial charge in [-0.3, -0.25) is 4.89 Å². The highest BCUT2D eigenvalue weighted by Gasteiger charge is 2.43. The van der Waals surface area contributed by atoms with Crippen molar-refractivity contribution < 1.29 is 29.5 Å². The van der Waals surface area contributed by atoms with Crippen LogP contribution in [0.4, 0.5) is 4.79 Å². The van der Waals surface area contributed by atoms with Gasteiger partial charge in [0.05, 0.1) is 6.61 Å². The molecule has 1 rings (SSSR count). The Morgan fingerprint density at radius 1 is 1.32 bits per heavy atom. The molecule has 0 radical (unpaired) electrons. The highest BCUT2D eigenvalue weighted by atomic mass is 17.3. The second-order valence-electron chi connectivity index (χ2n) is 5.99. The molecule has 0 unspecified atom stereocenters. The quantitative estimate of drug-likeness (QED) is 0.366. The SMILES string of the molecule is CCOC(=O)OOC1(OO)CCC(C(C)(C)C)CC1. The van der Waals surface area contributed by atoms with E-state index in [2.05, 4.69) is 35.3 Å². The molecule has 112 valence electrons. The van der Waals surface area contributed by atoms with Crippen LogP contribution in [0.1, 0.15) is 53.4 Å². The van der Waals surface area contributed by atoms with Crippen LogP contribution in [0.3, 0.4) is 0 Å².